The molecule has 0 fully saturated rings. The number of ether oxygens (including phenoxy) is 1. The number of phenolic OH excluding ortho intramolecular Hbond substituents is 1. The second-order valence-electron chi connectivity index (χ2n) is 4.32. The predicted octanol–water partition coefficient (Wildman–Crippen LogP) is 2.02. The number of phenols is 1. The summed E-state index contributed by atoms with van der Waals surface area (Å²) in [5, 5.41) is 18.9. The molecule has 1 aromatic rings. The minimum absolute atomic E-state index is 0. The molecule has 0 aliphatic rings. The number of carboxylic acid groups (broad SMARTS) is 1. The van der Waals surface area contributed by atoms with E-state index in [-0.39, 0.29) is 24.6 Å². The predicted molar refractivity (Wildman–Crippen MR) is 75.6 cm³/mol. The van der Waals surface area contributed by atoms with E-state index in [4.69, 9.17) is 10.8 Å². The van der Waals surface area contributed by atoms with Gasteiger partial charge in [-0.25, -0.2) is 9.59 Å². The number of alkyl halides is 2. The molecule has 0 aromatic heterocycles. The molecule has 0 amide bonds. The van der Waals surface area contributed by atoms with Gasteiger partial charge in [0.25, 0.3) is 0 Å². The summed E-state index contributed by atoms with van der Waals surface area (Å²) in [6.07, 6.45) is 0. The molecule has 0 spiro atoms. The molecule has 22 heavy (non-hydrogen) atoms. The van der Waals surface area contributed by atoms with Crippen LogP contribution >= 0.6 is 12.4 Å². The molecule has 0 heterocycles. The monoisotopic (exact) mass is 339 g/mol. The Hall–Kier alpha value is -1.93. The Kier molecular flexibility index (Phi) is 6.72. The first kappa shape index (κ1) is 20.1. The van der Waals surface area contributed by atoms with Crippen molar-refractivity contribution in [3.63, 3.8) is 0 Å². The van der Waals surface area contributed by atoms with Crippen molar-refractivity contribution in [3.8, 4) is 5.75 Å². The van der Waals surface area contributed by atoms with Crippen molar-refractivity contribution >= 4 is 24.3 Å². The van der Waals surface area contributed by atoms with Gasteiger partial charge in [0.2, 0.25) is 0 Å². The number of esters is 1. The highest BCUT2D eigenvalue weighted by molar-refractivity contribution is 5.91. The summed E-state index contributed by atoms with van der Waals surface area (Å²) in [5.41, 5.74) is 4.19. The Labute approximate surface area is 131 Å². The summed E-state index contributed by atoms with van der Waals surface area (Å²) < 4.78 is 32.1. The van der Waals surface area contributed by atoms with E-state index in [0.717, 1.165) is 6.07 Å². The van der Waals surface area contributed by atoms with Gasteiger partial charge in [-0.2, -0.15) is 8.78 Å². The van der Waals surface area contributed by atoms with Gasteiger partial charge >= 0.3 is 17.9 Å². The summed E-state index contributed by atoms with van der Waals surface area (Å²) in [4.78, 5) is 22.4. The van der Waals surface area contributed by atoms with Gasteiger partial charge < -0.3 is 20.7 Å². The first-order valence-corrected chi connectivity index (χ1v) is 6.00. The fraction of sp³-hybridized carbons (Fsp3) is 0.385. The van der Waals surface area contributed by atoms with Gasteiger partial charge in [0.1, 0.15) is 11.8 Å². The minimum Gasteiger partial charge on any atom is -0.507 e. The van der Waals surface area contributed by atoms with Crippen LogP contribution < -0.4 is 5.73 Å². The summed E-state index contributed by atoms with van der Waals surface area (Å²) >= 11 is 0. The third-order valence-corrected chi connectivity index (χ3v) is 2.90. The van der Waals surface area contributed by atoms with Crippen LogP contribution in [0.25, 0.3) is 0 Å². The lowest BCUT2D eigenvalue weighted by atomic mass is 9.93. The van der Waals surface area contributed by atoms with Crippen LogP contribution in [0.4, 0.5) is 8.78 Å². The summed E-state index contributed by atoms with van der Waals surface area (Å²) in [5.74, 6) is -8.29. The first-order chi connectivity index (χ1) is 9.64. The van der Waals surface area contributed by atoms with E-state index < -0.39 is 40.8 Å². The Balaban J connectivity index is 0.00000441. The van der Waals surface area contributed by atoms with Crippen molar-refractivity contribution < 1.29 is 33.3 Å². The average Bonchev–Trinajstić information content (AvgIpc) is 2.40. The molecule has 0 bridgehead atoms. The van der Waals surface area contributed by atoms with E-state index in [1.54, 1.807) is 0 Å². The second-order valence-corrected chi connectivity index (χ2v) is 4.32. The van der Waals surface area contributed by atoms with E-state index in [2.05, 4.69) is 4.74 Å². The number of aromatic hydroxyl groups is 1. The zero-order valence-corrected chi connectivity index (χ0v) is 12.6. The summed E-state index contributed by atoms with van der Waals surface area (Å²) in [6, 6.07) is -0.0618. The minimum atomic E-state index is -4.18. The van der Waals surface area contributed by atoms with Crippen LogP contribution in [0.3, 0.4) is 0 Å². The topological polar surface area (TPSA) is 110 Å². The molecule has 1 atom stereocenters. The van der Waals surface area contributed by atoms with Crippen molar-refractivity contribution in [2.45, 2.75) is 25.8 Å². The zero-order chi connectivity index (χ0) is 16.4. The highest BCUT2D eigenvalue weighted by Gasteiger charge is 2.49. The van der Waals surface area contributed by atoms with Crippen LogP contribution in [0.15, 0.2) is 12.1 Å². The van der Waals surface area contributed by atoms with Crippen LogP contribution in [0, 0.1) is 6.92 Å². The maximum atomic E-state index is 13.9. The van der Waals surface area contributed by atoms with Crippen LogP contribution in [-0.4, -0.2) is 34.7 Å². The fourth-order valence-electron chi connectivity index (χ4n) is 1.75. The van der Waals surface area contributed by atoms with Gasteiger partial charge in [-0.3, -0.25) is 0 Å². The SMILES string of the molecule is CCOC(=O)C(F)(F)[C@@H](N)c1c(C(=O)O)ccc(C)c1O.Cl. The standard InChI is InChI=1S/C13H15F2NO5.ClH/c1-3-21-12(20)13(14,15)10(16)8-7(11(18)19)5-4-6(2)9(8)17;/h4-5,10,17H,3,16H2,1-2H3,(H,18,19);1H/t10-;/m0./s1. The zero-order valence-electron chi connectivity index (χ0n) is 11.8. The van der Waals surface area contributed by atoms with Crippen LogP contribution in [0.1, 0.15) is 34.5 Å². The molecule has 6 nitrogen and oxygen atoms in total. The number of carbonyl (C=O) groups excluding carboxylic acids is 1. The van der Waals surface area contributed by atoms with Crippen molar-refractivity contribution in [2.75, 3.05) is 6.61 Å². The Bertz CT molecular complexity index is 580. The second kappa shape index (κ2) is 7.37. The lowest BCUT2D eigenvalue weighted by molar-refractivity contribution is -0.174. The van der Waals surface area contributed by atoms with E-state index in [1.807, 2.05) is 0 Å². The molecule has 124 valence electrons. The number of aromatic carboxylic acids is 1. The Morgan fingerprint density at radius 3 is 2.41 bits per heavy atom. The number of aryl methyl sites for hydroxylation is 1. The lowest BCUT2D eigenvalue weighted by Crippen LogP contribution is -2.42. The van der Waals surface area contributed by atoms with Crippen molar-refractivity contribution in [2.24, 2.45) is 5.73 Å². The number of rotatable bonds is 5. The third-order valence-electron chi connectivity index (χ3n) is 2.90. The smallest absolute Gasteiger partial charge is 0.379 e. The van der Waals surface area contributed by atoms with Gasteiger partial charge in [0.15, 0.2) is 0 Å². The van der Waals surface area contributed by atoms with E-state index in [0.29, 0.717) is 0 Å². The van der Waals surface area contributed by atoms with E-state index >= 15 is 0 Å². The maximum Gasteiger partial charge on any atom is 0.379 e. The van der Waals surface area contributed by atoms with Gasteiger partial charge in [-0.1, -0.05) is 6.07 Å². The molecule has 4 N–H and O–H groups in total. The van der Waals surface area contributed by atoms with Gasteiger partial charge in [0, 0.05) is 5.56 Å². The maximum absolute atomic E-state index is 13.9. The molecule has 1 rings (SSSR count). The van der Waals surface area contributed by atoms with Crippen LogP contribution in [0.5, 0.6) is 5.75 Å². The van der Waals surface area contributed by atoms with Gasteiger partial charge in [-0.05, 0) is 25.5 Å². The summed E-state index contributed by atoms with van der Waals surface area (Å²) in [6.45, 7) is 2.44. The number of halogens is 3. The van der Waals surface area contributed by atoms with Crippen molar-refractivity contribution in [1.29, 1.82) is 0 Å². The summed E-state index contributed by atoms with van der Waals surface area (Å²) in [7, 11) is 0. The number of carbonyl (C=O) groups is 2. The highest BCUT2D eigenvalue weighted by atomic mass is 35.5. The molecule has 1 aromatic carbocycles. The van der Waals surface area contributed by atoms with Crippen LogP contribution in [-0.2, 0) is 9.53 Å². The molecule has 0 saturated carbocycles. The number of hydrogen-bond donors (Lipinski definition) is 3. The number of nitrogens with two attached hydrogens (primary N) is 1. The normalized spacial score (nSPS) is 12.2. The van der Waals surface area contributed by atoms with Crippen molar-refractivity contribution in [1.82, 2.24) is 0 Å². The number of carboxylic acids is 1. The molecule has 0 saturated heterocycles. The molecular weight excluding hydrogens is 324 g/mol. The fourth-order valence-corrected chi connectivity index (χ4v) is 1.75. The lowest BCUT2D eigenvalue weighted by Gasteiger charge is -2.24. The van der Waals surface area contributed by atoms with Crippen LogP contribution in [0.2, 0.25) is 0 Å². The van der Waals surface area contributed by atoms with E-state index in [9.17, 15) is 23.5 Å². The highest BCUT2D eigenvalue weighted by Crippen LogP contribution is 2.38. The Morgan fingerprint density at radius 1 is 1.41 bits per heavy atom. The molecule has 0 unspecified atom stereocenters. The third kappa shape index (κ3) is 3.63. The van der Waals surface area contributed by atoms with E-state index in [1.165, 1.54) is 19.9 Å². The largest absolute Gasteiger partial charge is 0.507 e. The molecule has 0 aliphatic carbocycles. The molecular formula is C13H16ClF2NO5. The van der Waals surface area contributed by atoms with Gasteiger partial charge in [-0.15, -0.1) is 12.4 Å². The molecule has 0 aliphatic heterocycles. The average molecular weight is 340 g/mol. The molecule has 9 heteroatoms. The first-order valence-electron chi connectivity index (χ1n) is 6.00. The van der Waals surface area contributed by atoms with Gasteiger partial charge in [0.05, 0.1) is 12.2 Å². The number of hydrogen-bond acceptors (Lipinski definition) is 5. The number of benzene rings is 1. The Morgan fingerprint density at radius 2 is 1.95 bits per heavy atom. The van der Waals surface area contributed by atoms with Crippen molar-refractivity contribution in [3.05, 3.63) is 28.8 Å². The molecule has 0 radical (unpaired) electrons. The quantitative estimate of drug-likeness (QED) is 0.708.